The van der Waals surface area contributed by atoms with Gasteiger partial charge in [0.25, 0.3) is 0 Å². The number of hydrogen-bond acceptors (Lipinski definition) is 3. The molecule has 0 bridgehead atoms. The molecule has 1 heterocycles. The highest BCUT2D eigenvalue weighted by molar-refractivity contribution is 4.98. The minimum Gasteiger partial charge on any atom is -0.395 e. The molecule has 1 aliphatic heterocycles. The summed E-state index contributed by atoms with van der Waals surface area (Å²) in [5, 5.41) is 8.88. The maximum Gasteiger partial charge on any atom is 0.0558 e. The molecule has 0 aromatic rings. The first-order valence-electron chi connectivity index (χ1n) is 5.68. The Morgan fingerprint density at radius 3 is 2.57 bits per heavy atom. The van der Waals surface area contributed by atoms with Gasteiger partial charge in [0.1, 0.15) is 0 Å². The molecule has 1 rings (SSSR count). The van der Waals surface area contributed by atoms with Crippen molar-refractivity contribution in [2.24, 2.45) is 0 Å². The van der Waals surface area contributed by atoms with Crippen molar-refractivity contribution in [2.45, 2.75) is 45.3 Å². The molecule has 3 nitrogen and oxygen atoms in total. The summed E-state index contributed by atoms with van der Waals surface area (Å²) < 4.78 is 0. The van der Waals surface area contributed by atoms with Gasteiger partial charge in [-0.05, 0) is 27.3 Å². The normalized spacial score (nSPS) is 28.5. The van der Waals surface area contributed by atoms with Gasteiger partial charge < -0.3 is 5.11 Å². The Balaban J connectivity index is 2.43. The van der Waals surface area contributed by atoms with Crippen LogP contribution in [0.15, 0.2) is 0 Å². The third-order valence-electron chi connectivity index (χ3n) is 3.37. The molecule has 0 amide bonds. The molecule has 3 heteroatoms. The zero-order valence-electron chi connectivity index (χ0n) is 9.90. The molecule has 1 saturated heterocycles. The Bertz CT molecular complexity index is 173. The first kappa shape index (κ1) is 12.0. The second-order valence-corrected chi connectivity index (χ2v) is 4.54. The zero-order chi connectivity index (χ0) is 10.7. The second kappa shape index (κ2) is 5.10. The summed E-state index contributed by atoms with van der Waals surface area (Å²) in [5.41, 5.74) is 0. The first-order valence-corrected chi connectivity index (χ1v) is 5.68. The lowest BCUT2D eigenvalue weighted by Gasteiger charge is -2.53. The molecule has 14 heavy (non-hydrogen) atoms. The van der Waals surface area contributed by atoms with Crippen LogP contribution in [0.1, 0.15) is 27.2 Å². The number of hydrogen-bond donors (Lipinski definition) is 1. The molecule has 0 aromatic heterocycles. The van der Waals surface area contributed by atoms with E-state index >= 15 is 0 Å². The SMILES string of the molecule is CCC1[C@@H](N(C)CCO)CN1C(C)C. The fourth-order valence-corrected chi connectivity index (χ4v) is 2.41. The predicted octanol–water partition coefficient (Wildman–Crippen LogP) is 0.782. The van der Waals surface area contributed by atoms with Gasteiger partial charge in [0, 0.05) is 31.2 Å². The number of likely N-dealkylation sites (tertiary alicyclic amines) is 1. The van der Waals surface area contributed by atoms with Crippen LogP contribution in [0.2, 0.25) is 0 Å². The number of rotatable bonds is 5. The third-order valence-corrected chi connectivity index (χ3v) is 3.37. The number of aliphatic hydroxyl groups is 1. The summed E-state index contributed by atoms with van der Waals surface area (Å²) >= 11 is 0. The van der Waals surface area contributed by atoms with Crippen LogP contribution in [0.3, 0.4) is 0 Å². The smallest absolute Gasteiger partial charge is 0.0558 e. The Morgan fingerprint density at radius 1 is 1.50 bits per heavy atom. The number of likely N-dealkylation sites (N-methyl/N-ethyl adjacent to an activating group) is 1. The highest BCUT2D eigenvalue weighted by atomic mass is 16.3. The standard InChI is InChI=1S/C11H24N2O/c1-5-10-11(12(4)6-7-14)8-13(10)9(2)3/h9-11,14H,5-8H2,1-4H3/t10?,11-/m0/s1. The molecule has 1 aliphatic rings. The van der Waals surface area contributed by atoms with E-state index in [-0.39, 0.29) is 6.61 Å². The van der Waals surface area contributed by atoms with Crippen molar-refractivity contribution in [3.05, 3.63) is 0 Å². The fourth-order valence-electron chi connectivity index (χ4n) is 2.41. The molecule has 1 unspecified atom stereocenters. The van der Waals surface area contributed by atoms with Gasteiger partial charge in [0.05, 0.1) is 6.61 Å². The largest absolute Gasteiger partial charge is 0.395 e. The molecular formula is C11H24N2O. The van der Waals surface area contributed by atoms with E-state index in [9.17, 15) is 0 Å². The lowest BCUT2D eigenvalue weighted by atomic mass is 9.91. The van der Waals surface area contributed by atoms with E-state index < -0.39 is 0 Å². The highest BCUT2D eigenvalue weighted by Gasteiger charge is 2.40. The van der Waals surface area contributed by atoms with Crippen LogP contribution in [0, 0.1) is 0 Å². The van der Waals surface area contributed by atoms with E-state index in [0.29, 0.717) is 18.1 Å². The number of nitrogens with zero attached hydrogens (tertiary/aromatic N) is 2. The van der Waals surface area contributed by atoms with E-state index in [1.165, 1.54) is 6.42 Å². The Hall–Kier alpha value is -0.120. The van der Waals surface area contributed by atoms with Crippen LogP contribution in [-0.4, -0.2) is 59.8 Å². The van der Waals surface area contributed by atoms with E-state index in [2.05, 4.69) is 37.6 Å². The summed E-state index contributed by atoms with van der Waals surface area (Å²) in [6, 6.07) is 1.99. The third kappa shape index (κ3) is 2.27. The van der Waals surface area contributed by atoms with Crippen molar-refractivity contribution < 1.29 is 5.11 Å². The van der Waals surface area contributed by atoms with Gasteiger partial charge >= 0.3 is 0 Å². The lowest BCUT2D eigenvalue weighted by molar-refractivity contribution is -0.0440. The van der Waals surface area contributed by atoms with Crippen molar-refractivity contribution in [2.75, 3.05) is 26.7 Å². The van der Waals surface area contributed by atoms with Gasteiger partial charge in [-0.1, -0.05) is 6.92 Å². The van der Waals surface area contributed by atoms with Gasteiger partial charge in [0.2, 0.25) is 0 Å². The van der Waals surface area contributed by atoms with Crippen LogP contribution in [0.25, 0.3) is 0 Å². The molecule has 2 atom stereocenters. The van der Waals surface area contributed by atoms with Crippen molar-refractivity contribution in [1.29, 1.82) is 0 Å². The summed E-state index contributed by atoms with van der Waals surface area (Å²) in [5.74, 6) is 0. The van der Waals surface area contributed by atoms with Crippen LogP contribution in [0.4, 0.5) is 0 Å². The van der Waals surface area contributed by atoms with Gasteiger partial charge in [-0.2, -0.15) is 0 Å². The van der Waals surface area contributed by atoms with Crippen LogP contribution >= 0.6 is 0 Å². The summed E-state index contributed by atoms with van der Waals surface area (Å²) in [6.07, 6.45) is 1.21. The molecule has 0 aliphatic carbocycles. The Morgan fingerprint density at radius 2 is 2.14 bits per heavy atom. The van der Waals surface area contributed by atoms with Crippen molar-refractivity contribution in [3.8, 4) is 0 Å². The van der Waals surface area contributed by atoms with Crippen LogP contribution < -0.4 is 0 Å². The van der Waals surface area contributed by atoms with Crippen molar-refractivity contribution >= 4 is 0 Å². The van der Waals surface area contributed by atoms with E-state index in [1.807, 2.05) is 0 Å². The Kier molecular flexibility index (Phi) is 4.35. The van der Waals surface area contributed by atoms with Crippen molar-refractivity contribution in [1.82, 2.24) is 9.80 Å². The van der Waals surface area contributed by atoms with Gasteiger partial charge in [0.15, 0.2) is 0 Å². The van der Waals surface area contributed by atoms with Crippen LogP contribution in [0.5, 0.6) is 0 Å². The lowest BCUT2D eigenvalue weighted by Crippen LogP contribution is -2.67. The van der Waals surface area contributed by atoms with Crippen molar-refractivity contribution in [3.63, 3.8) is 0 Å². The summed E-state index contributed by atoms with van der Waals surface area (Å²) in [4.78, 5) is 4.82. The number of aliphatic hydroxyl groups excluding tert-OH is 1. The zero-order valence-corrected chi connectivity index (χ0v) is 9.90. The monoisotopic (exact) mass is 200 g/mol. The van der Waals surface area contributed by atoms with E-state index in [4.69, 9.17) is 5.11 Å². The first-order chi connectivity index (χ1) is 6.61. The quantitative estimate of drug-likeness (QED) is 0.710. The topological polar surface area (TPSA) is 26.7 Å². The molecule has 0 aromatic carbocycles. The maximum absolute atomic E-state index is 8.88. The Labute approximate surface area is 87.7 Å². The predicted molar refractivity (Wildman–Crippen MR) is 59.4 cm³/mol. The summed E-state index contributed by atoms with van der Waals surface area (Å²) in [6.45, 7) is 8.99. The fraction of sp³-hybridized carbons (Fsp3) is 1.00. The molecule has 84 valence electrons. The minimum absolute atomic E-state index is 0.269. The minimum atomic E-state index is 0.269. The van der Waals surface area contributed by atoms with E-state index in [1.54, 1.807) is 0 Å². The van der Waals surface area contributed by atoms with Gasteiger partial charge in [-0.3, -0.25) is 9.80 Å². The molecular weight excluding hydrogens is 176 g/mol. The highest BCUT2D eigenvalue weighted by Crippen LogP contribution is 2.27. The second-order valence-electron chi connectivity index (χ2n) is 4.54. The van der Waals surface area contributed by atoms with Crippen LogP contribution in [-0.2, 0) is 0 Å². The van der Waals surface area contributed by atoms with Gasteiger partial charge in [-0.25, -0.2) is 0 Å². The summed E-state index contributed by atoms with van der Waals surface area (Å²) in [7, 11) is 2.11. The van der Waals surface area contributed by atoms with E-state index in [0.717, 1.165) is 13.1 Å². The van der Waals surface area contributed by atoms with Gasteiger partial charge in [-0.15, -0.1) is 0 Å². The average Bonchev–Trinajstić information content (AvgIpc) is 2.02. The maximum atomic E-state index is 8.88. The molecule has 0 spiro atoms. The molecule has 1 N–H and O–H groups in total. The molecule has 0 saturated carbocycles. The molecule has 1 fully saturated rings. The average molecular weight is 200 g/mol. The molecule has 0 radical (unpaired) electrons.